The number of halogens is 2. The van der Waals surface area contributed by atoms with Gasteiger partial charge >= 0.3 is 5.97 Å². The molecular formula is C10H8Br2O3. The average molecular weight is 336 g/mol. The number of carboxylic acid groups (broad SMARTS) is 1. The highest BCUT2D eigenvalue weighted by molar-refractivity contribution is 9.13. The molecule has 0 atom stereocenters. The molecule has 1 N–H and O–H groups in total. The smallest absolute Gasteiger partial charge is 0.303 e. The molecule has 0 saturated carbocycles. The number of carboxylic acids is 1. The highest BCUT2D eigenvalue weighted by Gasteiger charge is 2.12. The van der Waals surface area contributed by atoms with Crippen LogP contribution in [0.1, 0.15) is 23.2 Å². The first-order valence-corrected chi connectivity index (χ1v) is 5.80. The van der Waals surface area contributed by atoms with E-state index in [0.29, 0.717) is 10.0 Å². The largest absolute Gasteiger partial charge is 0.481 e. The maximum atomic E-state index is 11.6. The van der Waals surface area contributed by atoms with Gasteiger partial charge in [0.15, 0.2) is 5.78 Å². The Morgan fingerprint density at radius 1 is 1.20 bits per heavy atom. The lowest BCUT2D eigenvalue weighted by Gasteiger charge is -2.03. The van der Waals surface area contributed by atoms with Gasteiger partial charge in [-0.25, -0.2) is 0 Å². The molecule has 3 nitrogen and oxygen atoms in total. The van der Waals surface area contributed by atoms with E-state index < -0.39 is 5.97 Å². The molecule has 0 aliphatic heterocycles. The third-order valence-electron chi connectivity index (χ3n) is 1.82. The molecule has 0 bridgehead atoms. The first-order valence-electron chi connectivity index (χ1n) is 4.21. The van der Waals surface area contributed by atoms with Crippen molar-refractivity contribution in [2.75, 3.05) is 0 Å². The highest BCUT2D eigenvalue weighted by Crippen LogP contribution is 2.27. The number of carbonyl (C=O) groups excluding carboxylic acids is 1. The Labute approximate surface area is 104 Å². The van der Waals surface area contributed by atoms with Gasteiger partial charge in [-0.2, -0.15) is 0 Å². The van der Waals surface area contributed by atoms with E-state index in [9.17, 15) is 9.59 Å². The van der Waals surface area contributed by atoms with Gasteiger partial charge in [-0.1, -0.05) is 12.1 Å². The van der Waals surface area contributed by atoms with Crippen molar-refractivity contribution in [3.63, 3.8) is 0 Å². The van der Waals surface area contributed by atoms with Crippen LogP contribution in [0.15, 0.2) is 27.1 Å². The molecule has 15 heavy (non-hydrogen) atoms. The van der Waals surface area contributed by atoms with Gasteiger partial charge in [-0.3, -0.25) is 9.59 Å². The van der Waals surface area contributed by atoms with E-state index in [0.717, 1.165) is 4.47 Å². The van der Waals surface area contributed by atoms with Crippen molar-refractivity contribution in [3.8, 4) is 0 Å². The third kappa shape index (κ3) is 3.43. The molecule has 80 valence electrons. The van der Waals surface area contributed by atoms with Crippen molar-refractivity contribution in [1.29, 1.82) is 0 Å². The maximum absolute atomic E-state index is 11.6. The van der Waals surface area contributed by atoms with Crippen molar-refractivity contribution in [3.05, 3.63) is 32.7 Å². The van der Waals surface area contributed by atoms with Crippen molar-refractivity contribution < 1.29 is 14.7 Å². The molecule has 0 aromatic heterocycles. The van der Waals surface area contributed by atoms with Gasteiger partial charge in [-0.15, -0.1) is 0 Å². The lowest BCUT2D eigenvalue weighted by molar-refractivity contribution is -0.136. The zero-order chi connectivity index (χ0) is 11.4. The monoisotopic (exact) mass is 334 g/mol. The lowest BCUT2D eigenvalue weighted by atomic mass is 10.1. The first-order chi connectivity index (χ1) is 7.02. The number of aliphatic carboxylic acids is 1. The van der Waals surface area contributed by atoms with Crippen LogP contribution in [0.5, 0.6) is 0 Å². The fraction of sp³-hybridized carbons (Fsp3) is 0.200. The molecule has 5 heteroatoms. The summed E-state index contributed by atoms with van der Waals surface area (Å²) in [6.07, 6.45) is -0.123. The number of hydrogen-bond acceptors (Lipinski definition) is 2. The minimum Gasteiger partial charge on any atom is -0.481 e. The molecule has 0 amide bonds. The van der Waals surface area contributed by atoms with Crippen molar-refractivity contribution in [2.24, 2.45) is 0 Å². The normalized spacial score (nSPS) is 10.0. The Hall–Kier alpha value is -0.680. The summed E-state index contributed by atoms with van der Waals surface area (Å²) in [6, 6.07) is 5.21. The molecule has 0 aliphatic carbocycles. The summed E-state index contributed by atoms with van der Waals surface area (Å²) in [4.78, 5) is 21.9. The summed E-state index contributed by atoms with van der Waals surface area (Å²) in [5.41, 5.74) is 0.505. The Bertz CT molecular complexity index is 402. The summed E-state index contributed by atoms with van der Waals surface area (Å²) >= 11 is 6.55. The summed E-state index contributed by atoms with van der Waals surface area (Å²) in [7, 11) is 0. The number of ketones is 1. The zero-order valence-electron chi connectivity index (χ0n) is 7.67. The van der Waals surface area contributed by atoms with Gasteiger partial charge in [0.25, 0.3) is 0 Å². The van der Waals surface area contributed by atoms with Gasteiger partial charge in [0.1, 0.15) is 0 Å². The minimum atomic E-state index is -0.963. The molecule has 0 spiro atoms. The van der Waals surface area contributed by atoms with Gasteiger partial charge < -0.3 is 5.11 Å². The Kier molecular flexibility index (Phi) is 4.47. The fourth-order valence-corrected chi connectivity index (χ4v) is 1.93. The maximum Gasteiger partial charge on any atom is 0.303 e. The summed E-state index contributed by atoms with van der Waals surface area (Å²) in [6.45, 7) is 0. The highest BCUT2D eigenvalue weighted by atomic mass is 79.9. The lowest BCUT2D eigenvalue weighted by Crippen LogP contribution is -2.04. The molecule has 1 rings (SSSR count). The van der Waals surface area contributed by atoms with Crippen LogP contribution in [0.25, 0.3) is 0 Å². The van der Waals surface area contributed by atoms with Crippen LogP contribution in [0.3, 0.4) is 0 Å². The van der Waals surface area contributed by atoms with E-state index in [1.165, 1.54) is 0 Å². The molecule has 1 aromatic rings. The van der Waals surface area contributed by atoms with Crippen LogP contribution < -0.4 is 0 Å². The Morgan fingerprint density at radius 3 is 2.47 bits per heavy atom. The van der Waals surface area contributed by atoms with Crippen molar-refractivity contribution in [2.45, 2.75) is 12.8 Å². The van der Waals surface area contributed by atoms with E-state index in [4.69, 9.17) is 5.11 Å². The average Bonchev–Trinajstić information content (AvgIpc) is 2.18. The predicted molar refractivity (Wildman–Crippen MR) is 63.0 cm³/mol. The van der Waals surface area contributed by atoms with E-state index in [-0.39, 0.29) is 18.6 Å². The molecule has 1 aromatic carbocycles. The van der Waals surface area contributed by atoms with Gasteiger partial charge in [0, 0.05) is 20.9 Å². The van der Waals surface area contributed by atoms with Crippen LogP contribution in [-0.4, -0.2) is 16.9 Å². The van der Waals surface area contributed by atoms with Crippen molar-refractivity contribution >= 4 is 43.6 Å². The Morgan fingerprint density at radius 2 is 1.87 bits per heavy atom. The van der Waals surface area contributed by atoms with Crippen molar-refractivity contribution in [1.82, 2.24) is 0 Å². The second-order valence-corrected chi connectivity index (χ2v) is 4.57. The van der Waals surface area contributed by atoms with Crippen LogP contribution >= 0.6 is 31.9 Å². The second-order valence-electron chi connectivity index (χ2n) is 2.92. The topological polar surface area (TPSA) is 54.4 Å². The second kappa shape index (κ2) is 5.42. The van der Waals surface area contributed by atoms with Gasteiger partial charge in [-0.05, 0) is 37.9 Å². The number of Topliss-reactive ketones (excluding diaryl/α,β-unsaturated/α-hetero) is 1. The number of carbonyl (C=O) groups is 2. The molecule has 0 radical (unpaired) electrons. The third-order valence-corrected chi connectivity index (χ3v) is 3.87. The summed E-state index contributed by atoms with van der Waals surface area (Å²) in [5.74, 6) is -1.14. The van der Waals surface area contributed by atoms with Crippen LogP contribution in [0.4, 0.5) is 0 Å². The van der Waals surface area contributed by atoms with Gasteiger partial charge in [0.05, 0.1) is 6.42 Å². The number of hydrogen-bond donors (Lipinski definition) is 1. The van der Waals surface area contributed by atoms with Crippen LogP contribution in [0.2, 0.25) is 0 Å². The quantitative estimate of drug-likeness (QED) is 0.859. The van der Waals surface area contributed by atoms with E-state index >= 15 is 0 Å². The van der Waals surface area contributed by atoms with E-state index in [1.54, 1.807) is 18.2 Å². The standard InChI is InChI=1S/C10H8Br2O3/c11-7-3-1-2-6(10(7)12)8(13)4-5-9(14)15/h1-3H,4-5H2,(H,14,15). The predicted octanol–water partition coefficient (Wildman–Crippen LogP) is 3.26. The van der Waals surface area contributed by atoms with Crippen LogP contribution in [0, 0.1) is 0 Å². The molecule has 0 heterocycles. The molecular weight excluding hydrogens is 328 g/mol. The molecule has 0 aliphatic rings. The first kappa shape index (κ1) is 12.4. The SMILES string of the molecule is O=C(O)CCC(=O)c1cccc(Br)c1Br. The molecule has 0 saturated heterocycles. The van der Waals surface area contributed by atoms with E-state index in [1.807, 2.05) is 0 Å². The van der Waals surface area contributed by atoms with Crippen LogP contribution in [-0.2, 0) is 4.79 Å². The molecule has 0 fully saturated rings. The number of rotatable bonds is 4. The zero-order valence-corrected chi connectivity index (χ0v) is 10.8. The molecule has 0 unspecified atom stereocenters. The van der Waals surface area contributed by atoms with Gasteiger partial charge in [0.2, 0.25) is 0 Å². The summed E-state index contributed by atoms with van der Waals surface area (Å²) < 4.78 is 1.45. The minimum absolute atomic E-state index is 0.0182. The fourth-order valence-electron chi connectivity index (χ4n) is 1.07. The Balaban J connectivity index is 2.82. The number of benzene rings is 1. The summed E-state index contributed by atoms with van der Waals surface area (Å²) in [5, 5.41) is 8.46. The van der Waals surface area contributed by atoms with E-state index in [2.05, 4.69) is 31.9 Å².